The van der Waals surface area contributed by atoms with Crippen molar-refractivity contribution in [2.24, 2.45) is 4.99 Å². The molecule has 1 aliphatic rings. The molecular formula is C12H14N2O. The summed E-state index contributed by atoms with van der Waals surface area (Å²) >= 11 is 0. The SMILES string of the molecule is CCOc1ccccc1C1=CCN=CN1. The van der Waals surface area contributed by atoms with E-state index in [1.54, 1.807) is 6.34 Å². The molecule has 0 amide bonds. The maximum Gasteiger partial charge on any atom is 0.128 e. The quantitative estimate of drug-likeness (QED) is 0.814. The lowest BCUT2D eigenvalue weighted by molar-refractivity contribution is 0.339. The van der Waals surface area contributed by atoms with Crippen molar-refractivity contribution >= 4 is 12.0 Å². The summed E-state index contributed by atoms with van der Waals surface area (Å²) < 4.78 is 5.56. The number of aliphatic imine (C=N–C) groups is 1. The third-order valence-electron chi connectivity index (χ3n) is 2.19. The van der Waals surface area contributed by atoms with E-state index in [2.05, 4.69) is 16.4 Å². The van der Waals surface area contributed by atoms with Crippen molar-refractivity contribution in [2.45, 2.75) is 6.92 Å². The molecule has 0 radical (unpaired) electrons. The first-order chi connectivity index (χ1) is 7.42. The second-order valence-electron chi connectivity index (χ2n) is 3.19. The molecule has 0 saturated heterocycles. The lowest BCUT2D eigenvalue weighted by atomic mass is 10.1. The second-order valence-corrected chi connectivity index (χ2v) is 3.19. The van der Waals surface area contributed by atoms with Gasteiger partial charge in [0.25, 0.3) is 0 Å². The van der Waals surface area contributed by atoms with Crippen LogP contribution in [0, 0.1) is 0 Å². The molecule has 78 valence electrons. The Kier molecular flexibility index (Phi) is 3.02. The summed E-state index contributed by atoms with van der Waals surface area (Å²) in [4.78, 5) is 4.08. The van der Waals surface area contributed by atoms with Crippen LogP contribution < -0.4 is 10.1 Å². The molecule has 3 heteroatoms. The smallest absolute Gasteiger partial charge is 0.128 e. The number of ether oxygens (including phenoxy) is 1. The zero-order valence-corrected chi connectivity index (χ0v) is 8.73. The van der Waals surface area contributed by atoms with E-state index in [4.69, 9.17) is 4.74 Å². The first-order valence-corrected chi connectivity index (χ1v) is 5.09. The number of nitrogens with zero attached hydrogens (tertiary/aromatic N) is 1. The predicted molar refractivity (Wildman–Crippen MR) is 62.1 cm³/mol. The van der Waals surface area contributed by atoms with Crippen molar-refractivity contribution in [3.63, 3.8) is 0 Å². The number of para-hydroxylation sites is 1. The van der Waals surface area contributed by atoms with Crippen LogP contribution in [0.25, 0.3) is 5.70 Å². The van der Waals surface area contributed by atoms with Gasteiger partial charge in [-0.2, -0.15) is 0 Å². The zero-order valence-electron chi connectivity index (χ0n) is 8.73. The normalized spacial score (nSPS) is 14.3. The van der Waals surface area contributed by atoms with Crippen LogP contribution >= 0.6 is 0 Å². The van der Waals surface area contributed by atoms with E-state index in [0.717, 1.165) is 23.6 Å². The van der Waals surface area contributed by atoms with Crippen LogP contribution in [0.3, 0.4) is 0 Å². The van der Waals surface area contributed by atoms with Gasteiger partial charge in [0.2, 0.25) is 0 Å². The zero-order chi connectivity index (χ0) is 10.5. The lowest BCUT2D eigenvalue weighted by Crippen LogP contribution is -2.14. The Labute approximate surface area is 89.5 Å². The molecule has 1 aliphatic heterocycles. The molecular weight excluding hydrogens is 188 g/mol. The molecule has 2 rings (SSSR count). The summed E-state index contributed by atoms with van der Waals surface area (Å²) in [5.74, 6) is 0.911. The van der Waals surface area contributed by atoms with E-state index < -0.39 is 0 Å². The molecule has 0 aliphatic carbocycles. The Hall–Kier alpha value is -1.77. The Morgan fingerprint density at radius 1 is 1.40 bits per heavy atom. The van der Waals surface area contributed by atoms with Crippen LogP contribution in [0.5, 0.6) is 5.75 Å². The minimum atomic E-state index is 0.679. The first kappa shape index (κ1) is 9.77. The largest absolute Gasteiger partial charge is 0.493 e. The lowest BCUT2D eigenvalue weighted by Gasteiger charge is -2.14. The Bertz CT molecular complexity index is 396. The number of hydrogen-bond acceptors (Lipinski definition) is 3. The molecule has 0 saturated carbocycles. The van der Waals surface area contributed by atoms with E-state index in [9.17, 15) is 0 Å². The van der Waals surface area contributed by atoms with Gasteiger partial charge in [0.15, 0.2) is 0 Å². The molecule has 1 heterocycles. The van der Waals surface area contributed by atoms with Gasteiger partial charge in [0.05, 0.1) is 19.5 Å². The van der Waals surface area contributed by atoms with Crippen molar-refractivity contribution in [1.29, 1.82) is 0 Å². The maximum absolute atomic E-state index is 5.56. The maximum atomic E-state index is 5.56. The molecule has 1 N–H and O–H groups in total. The fraction of sp³-hybridized carbons (Fsp3) is 0.250. The molecule has 15 heavy (non-hydrogen) atoms. The van der Waals surface area contributed by atoms with Gasteiger partial charge < -0.3 is 10.1 Å². The summed E-state index contributed by atoms with van der Waals surface area (Å²) in [5, 5.41) is 3.12. The molecule has 1 aromatic rings. The molecule has 0 bridgehead atoms. The summed E-state index contributed by atoms with van der Waals surface area (Å²) in [6, 6.07) is 8.01. The average Bonchev–Trinajstić information content (AvgIpc) is 2.31. The highest BCUT2D eigenvalue weighted by molar-refractivity contribution is 5.80. The van der Waals surface area contributed by atoms with Crippen molar-refractivity contribution < 1.29 is 4.74 Å². The fourth-order valence-electron chi connectivity index (χ4n) is 1.53. The number of rotatable bonds is 3. The second kappa shape index (κ2) is 4.64. The third-order valence-corrected chi connectivity index (χ3v) is 2.19. The van der Waals surface area contributed by atoms with E-state index in [-0.39, 0.29) is 0 Å². The number of nitrogens with one attached hydrogen (secondary N) is 1. The molecule has 0 atom stereocenters. The van der Waals surface area contributed by atoms with Crippen molar-refractivity contribution in [2.75, 3.05) is 13.2 Å². The van der Waals surface area contributed by atoms with Gasteiger partial charge in [0, 0.05) is 11.3 Å². The van der Waals surface area contributed by atoms with Crippen molar-refractivity contribution in [3.8, 4) is 5.75 Å². The van der Waals surface area contributed by atoms with Crippen LogP contribution in [0.15, 0.2) is 35.3 Å². The molecule has 0 unspecified atom stereocenters. The van der Waals surface area contributed by atoms with Crippen molar-refractivity contribution in [1.82, 2.24) is 5.32 Å². The van der Waals surface area contributed by atoms with Gasteiger partial charge in [0.1, 0.15) is 5.75 Å². The summed E-state index contributed by atoms with van der Waals surface area (Å²) in [5.41, 5.74) is 2.15. The minimum Gasteiger partial charge on any atom is -0.493 e. The van der Waals surface area contributed by atoms with E-state index in [0.29, 0.717) is 6.61 Å². The van der Waals surface area contributed by atoms with Gasteiger partial charge in [-0.05, 0) is 25.1 Å². The average molecular weight is 202 g/mol. The van der Waals surface area contributed by atoms with Gasteiger partial charge in [-0.25, -0.2) is 0 Å². The van der Waals surface area contributed by atoms with Crippen LogP contribution in [-0.2, 0) is 0 Å². The standard InChI is InChI=1S/C12H14N2O/c1-2-15-12-6-4-3-5-10(12)11-7-8-13-9-14-11/h3-7,9H,2,8H2,1H3,(H,13,14). The third kappa shape index (κ3) is 2.18. The predicted octanol–water partition coefficient (Wildman–Crippen LogP) is 2.06. The topological polar surface area (TPSA) is 33.6 Å². The molecule has 3 nitrogen and oxygen atoms in total. The van der Waals surface area contributed by atoms with E-state index in [1.165, 1.54) is 0 Å². The van der Waals surface area contributed by atoms with Crippen LogP contribution in [-0.4, -0.2) is 19.5 Å². The van der Waals surface area contributed by atoms with Gasteiger partial charge in [-0.1, -0.05) is 12.1 Å². The minimum absolute atomic E-state index is 0.679. The molecule has 0 spiro atoms. The molecule has 0 aromatic heterocycles. The summed E-state index contributed by atoms with van der Waals surface area (Å²) in [6.07, 6.45) is 3.77. The molecule has 1 aromatic carbocycles. The Balaban J connectivity index is 2.30. The first-order valence-electron chi connectivity index (χ1n) is 5.09. The summed E-state index contributed by atoms with van der Waals surface area (Å²) in [6.45, 7) is 3.39. The number of hydrogen-bond donors (Lipinski definition) is 1. The highest BCUT2D eigenvalue weighted by atomic mass is 16.5. The monoisotopic (exact) mass is 202 g/mol. The fourth-order valence-corrected chi connectivity index (χ4v) is 1.53. The highest BCUT2D eigenvalue weighted by Gasteiger charge is 2.08. The Morgan fingerprint density at radius 3 is 3.00 bits per heavy atom. The van der Waals surface area contributed by atoms with Gasteiger partial charge in [-0.15, -0.1) is 0 Å². The van der Waals surface area contributed by atoms with E-state index in [1.807, 2.05) is 31.2 Å². The molecule has 0 fully saturated rings. The van der Waals surface area contributed by atoms with Crippen LogP contribution in [0.2, 0.25) is 0 Å². The Morgan fingerprint density at radius 2 is 2.27 bits per heavy atom. The summed E-state index contributed by atoms with van der Waals surface area (Å²) in [7, 11) is 0. The van der Waals surface area contributed by atoms with Gasteiger partial charge in [-0.3, -0.25) is 4.99 Å². The van der Waals surface area contributed by atoms with E-state index >= 15 is 0 Å². The highest BCUT2D eigenvalue weighted by Crippen LogP contribution is 2.24. The van der Waals surface area contributed by atoms with Gasteiger partial charge >= 0.3 is 0 Å². The van der Waals surface area contributed by atoms with Crippen molar-refractivity contribution in [3.05, 3.63) is 35.9 Å². The van der Waals surface area contributed by atoms with Crippen LogP contribution in [0.4, 0.5) is 0 Å². The number of benzene rings is 1. The van der Waals surface area contributed by atoms with Crippen LogP contribution in [0.1, 0.15) is 12.5 Å².